The fourth-order valence-corrected chi connectivity index (χ4v) is 2.49. The van der Waals surface area contributed by atoms with Crippen LogP contribution in [0, 0.1) is 5.41 Å². The number of nitrogens with zero attached hydrogens (tertiary/aromatic N) is 2. The van der Waals surface area contributed by atoms with Crippen molar-refractivity contribution in [3.05, 3.63) is 60.8 Å². The van der Waals surface area contributed by atoms with E-state index in [1.54, 1.807) is 31.1 Å². The number of aliphatic imine (C=N–C) groups is 1. The molecule has 0 radical (unpaired) electrons. The summed E-state index contributed by atoms with van der Waals surface area (Å²) in [5.74, 6) is -0.968. The monoisotopic (exact) mass is 459 g/mol. The van der Waals surface area contributed by atoms with E-state index < -0.39 is 5.97 Å². The van der Waals surface area contributed by atoms with Crippen LogP contribution in [-0.2, 0) is 4.79 Å². The van der Waals surface area contributed by atoms with Gasteiger partial charge in [-0.1, -0.05) is 113 Å². The highest BCUT2D eigenvalue weighted by molar-refractivity contribution is 5.91. The van der Waals surface area contributed by atoms with Crippen LogP contribution in [0.2, 0.25) is 0 Å². The van der Waals surface area contributed by atoms with E-state index in [2.05, 4.69) is 24.1 Å². The van der Waals surface area contributed by atoms with Crippen molar-refractivity contribution in [1.82, 2.24) is 4.90 Å². The molecule has 0 aliphatic heterocycles. The quantitative estimate of drug-likeness (QED) is 0.0841. The maximum atomic E-state index is 10.2. The minimum Gasteiger partial charge on any atom is -0.478 e. The molecule has 0 heterocycles. The van der Waals surface area contributed by atoms with Gasteiger partial charge in [0.15, 0.2) is 5.96 Å². The minimum atomic E-state index is -0.930. The number of aliphatic carboxylic acids is 1. The van der Waals surface area contributed by atoms with E-state index in [1.807, 2.05) is 24.3 Å². The van der Waals surface area contributed by atoms with E-state index in [0.717, 1.165) is 12.5 Å². The predicted octanol–water partition coefficient (Wildman–Crippen LogP) is 5.53. The van der Waals surface area contributed by atoms with Gasteiger partial charge in [-0.25, -0.2) is 4.79 Å². The number of nitrogens with two attached hydrogens (primary N) is 2. The van der Waals surface area contributed by atoms with Crippen molar-refractivity contribution in [1.29, 1.82) is 5.41 Å². The van der Waals surface area contributed by atoms with Gasteiger partial charge < -0.3 is 21.5 Å². The van der Waals surface area contributed by atoms with Gasteiger partial charge in [-0.05, 0) is 12.8 Å². The molecular weight excluding hydrogens is 414 g/mol. The molecule has 7 heteroatoms. The van der Waals surface area contributed by atoms with Crippen molar-refractivity contribution in [3.8, 4) is 0 Å². The van der Waals surface area contributed by atoms with Gasteiger partial charge in [-0.15, -0.1) is 0 Å². The van der Waals surface area contributed by atoms with E-state index >= 15 is 0 Å². The summed E-state index contributed by atoms with van der Waals surface area (Å²) < 4.78 is 0. The third-order valence-electron chi connectivity index (χ3n) is 4.32. The molecule has 186 valence electrons. The van der Waals surface area contributed by atoms with Crippen molar-refractivity contribution >= 4 is 17.9 Å². The van der Waals surface area contributed by atoms with Crippen LogP contribution in [0.15, 0.2) is 65.8 Å². The molecule has 0 fully saturated rings. The lowest BCUT2D eigenvalue weighted by Crippen LogP contribution is -2.32. The summed E-state index contributed by atoms with van der Waals surface area (Å²) in [7, 11) is 3.45. The molecule has 0 bridgehead atoms. The molecular formula is C26H45N5O2. The van der Waals surface area contributed by atoms with Crippen molar-refractivity contribution in [2.75, 3.05) is 14.1 Å². The Balaban J connectivity index is 0. The maximum absolute atomic E-state index is 10.2. The second kappa shape index (κ2) is 25.2. The predicted molar refractivity (Wildman–Crippen MR) is 142 cm³/mol. The van der Waals surface area contributed by atoms with Gasteiger partial charge in [0.05, 0.1) is 0 Å². The van der Waals surface area contributed by atoms with Crippen LogP contribution in [0.25, 0.3) is 0 Å². The van der Waals surface area contributed by atoms with Gasteiger partial charge >= 0.3 is 5.97 Å². The zero-order valence-corrected chi connectivity index (χ0v) is 20.7. The number of nitrogens with one attached hydrogen (secondary N) is 1. The summed E-state index contributed by atoms with van der Waals surface area (Å²) >= 11 is 0. The van der Waals surface area contributed by atoms with Crippen LogP contribution in [0.1, 0.15) is 71.1 Å². The molecule has 0 spiro atoms. The highest BCUT2D eigenvalue weighted by Gasteiger charge is 1.92. The molecule has 7 nitrogen and oxygen atoms in total. The number of hydrogen-bond donors (Lipinski definition) is 4. The largest absolute Gasteiger partial charge is 0.478 e. The Morgan fingerprint density at radius 2 is 1.27 bits per heavy atom. The lowest BCUT2D eigenvalue weighted by molar-refractivity contribution is -0.131. The van der Waals surface area contributed by atoms with Gasteiger partial charge in [-0.3, -0.25) is 5.41 Å². The number of carboxylic acid groups (broad SMARTS) is 1. The lowest BCUT2D eigenvalue weighted by atomic mass is 10.1. The average Bonchev–Trinajstić information content (AvgIpc) is 2.75. The molecule has 33 heavy (non-hydrogen) atoms. The van der Waals surface area contributed by atoms with Gasteiger partial charge in [0, 0.05) is 20.2 Å². The van der Waals surface area contributed by atoms with E-state index in [1.165, 1.54) is 63.9 Å². The molecule has 0 aromatic rings. The fraction of sp³-hybridized carbons (Fsp3) is 0.500. The van der Waals surface area contributed by atoms with Crippen LogP contribution in [0.4, 0.5) is 0 Å². The number of hydrogen-bond acceptors (Lipinski definition) is 2. The zero-order chi connectivity index (χ0) is 25.2. The molecule has 6 N–H and O–H groups in total. The zero-order valence-electron chi connectivity index (χ0n) is 20.7. The highest BCUT2D eigenvalue weighted by Crippen LogP contribution is 2.10. The SMILES string of the molecule is CCCCCCCCCCCC=CC=CC=CC=CC=CC(=O)O.CN(C)C(N)=NC(=N)N. The molecule has 0 unspecified atom stereocenters. The Kier molecular flexibility index (Phi) is 24.5. The average molecular weight is 460 g/mol. The van der Waals surface area contributed by atoms with Crippen LogP contribution >= 0.6 is 0 Å². The smallest absolute Gasteiger partial charge is 0.328 e. The van der Waals surface area contributed by atoms with E-state index in [4.69, 9.17) is 22.0 Å². The van der Waals surface area contributed by atoms with Gasteiger partial charge in [-0.2, -0.15) is 4.99 Å². The van der Waals surface area contributed by atoms with Crippen LogP contribution in [0.5, 0.6) is 0 Å². The van der Waals surface area contributed by atoms with Gasteiger partial charge in [0.1, 0.15) is 0 Å². The Morgan fingerprint density at radius 3 is 1.70 bits per heavy atom. The van der Waals surface area contributed by atoms with E-state index in [0.29, 0.717) is 0 Å². The normalized spacial score (nSPS) is 12.3. The molecule has 0 atom stereocenters. The first-order valence-corrected chi connectivity index (χ1v) is 11.7. The fourth-order valence-electron chi connectivity index (χ4n) is 2.49. The standard InChI is InChI=1S/C22H34O2.C4H11N5/c1-2-3-4-5-6-7-8-9-10-11-12-13-14-15-16-17-18-19-20-21-22(23)24;1-9(2)4(7)8-3(5)6/h12-21H,2-11H2,1H3,(H,23,24);1-2H3,(H5,5,6,7,8). The van der Waals surface area contributed by atoms with Gasteiger partial charge in [0.2, 0.25) is 5.96 Å². The second-order valence-electron chi connectivity index (χ2n) is 7.65. The molecule has 0 aromatic heterocycles. The van der Waals surface area contributed by atoms with E-state index in [9.17, 15) is 4.79 Å². The molecule has 0 aliphatic rings. The van der Waals surface area contributed by atoms with Crippen LogP contribution < -0.4 is 11.5 Å². The van der Waals surface area contributed by atoms with Crippen LogP contribution in [0.3, 0.4) is 0 Å². The Labute approximate surface area is 200 Å². The Bertz CT molecular complexity index is 674. The minimum absolute atomic E-state index is 0.238. The first kappa shape index (κ1) is 32.1. The highest BCUT2D eigenvalue weighted by atomic mass is 16.4. The molecule has 0 rings (SSSR count). The summed E-state index contributed by atoms with van der Waals surface area (Å²) in [6, 6.07) is 0. The maximum Gasteiger partial charge on any atom is 0.328 e. The van der Waals surface area contributed by atoms with Crippen molar-refractivity contribution in [2.45, 2.75) is 71.1 Å². The molecule has 0 saturated carbocycles. The van der Waals surface area contributed by atoms with Crippen molar-refractivity contribution < 1.29 is 9.90 Å². The number of unbranched alkanes of at least 4 members (excludes halogenated alkanes) is 9. The van der Waals surface area contributed by atoms with Crippen LogP contribution in [-0.4, -0.2) is 42.0 Å². The third-order valence-corrected chi connectivity index (χ3v) is 4.32. The number of allylic oxidation sites excluding steroid dienone is 9. The van der Waals surface area contributed by atoms with Crippen molar-refractivity contribution in [3.63, 3.8) is 0 Å². The number of rotatable bonds is 15. The number of carbonyl (C=O) groups is 1. The van der Waals surface area contributed by atoms with E-state index in [-0.39, 0.29) is 11.9 Å². The summed E-state index contributed by atoms with van der Waals surface area (Å²) in [6.45, 7) is 2.26. The third kappa shape index (κ3) is 31.2. The molecule has 0 aromatic carbocycles. The lowest BCUT2D eigenvalue weighted by Gasteiger charge is -2.08. The summed E-state index contributed by atoms with van der Waals surface area (Å²) in [5.41, 5.74) is 10.2. The summed E-state index contributed by atoms with van der Waals surface area (Å²) in [6.07, 6.45) is 31.7. The summed E-state index contributed by atoms with van der Waals surface area (Å²) in [5, 5.41) is 15.1. The molecule has 0 aliphatic carbocycles. The second-order valence-corrected chi connectivity index (χ2v) is 7.65. The first-order valence-electron chi connectivity index (χ1n) is 11.7. The van der Waals surface area contributed by atoms with Gasteiger partial charge in [0.25, 0.3) is 0 Å². The Hall–Kier alpha value is -3.09. The Morgan fingerprint density at radius 1 is 0.818 bits per heavy atom. The number of guanidine groups is 2. The topological polar surface area (TPSA) is 129 Å². The number of carboxylic acids is 1. The molecule has 0 amide bonds. The molecule has 0 saturated heterocycles. The first-order chi connectivity index (χ1) is 15.8. The summed E-state index contributed by atoms with van der Waals surface area (Å²) in [4.78, 5) is 15.3. The van der Waals surface area contributed by atoms with Crippen molar-refractivity contribution in [2.24, 2.45) is 16.5 Å².